The molecule has 0 aliphatic carbocycles. The zero-order chi connectivity index (χ0) is 14.9. The van der Waals surface area contributed by atoms with Gasteiger partial charge in [-0.15, -0.1) is 0 Å². The third kappa shape index (κ3) is 2.94. The first-order chi connectivity index (χ1) is 9.38. The lowest BCUT2D eigenvalue weighted by Gasteiger charge is -2.22. The molecule has 3 nitrogen and oxygen atoms in total. The Bertz CT molecular complexity index is 600. The Labute approximate surface area is 120 Å². The molecule has 0 aromatic heterocycles. The quantitative estimate of drug-likeness (QED) is 0.891. The summed E-state index contributed by atoms with van der Waals surface area (Å²) in [7, 11) is 1.96. The lowest BCUT2D eigenvalue weighted by Crippen LogP contribution is -2.10. The van der Waals surface area contributed by atoms with Gasteiger partial charge in [-0.2, -0.15) is 0 Å². The average Bonchev–Trinajstić information content (AvgIpc) is 2.36. The van der Waals surface area contributed by atoms with Crippen LogP contribution in [0.15, 0.2) is 36.4 Å². The van der Waals surface area contributed by atoms with E-state index in [1.54, 1.807) is 19.1 Å². The second-order valence-corrected chi connectivity index (χ2v) is 5.32. The molecule has 0 heterocycles. The highest BCUT2D eigenvalue weighted by Crippen LogP contribution is 2.32. The van der Waals surface area contributed by atoms with E-state index in [0.29, 0.717) is 5.56 Å². The van der Waals surface area contributed by atoms with E-state index in [0.717, 1.165) is 11.4 Å². The van der Waals surface area contributed by atoms with E-state index in [2.05, 4.69) is 32.0 Å². The van der Waals surface area contributed by atoms with Crippen molar-refractivity contribution >= 4 is 11.4 Å². The van der Waals surface area contributed by atoms with Crippen LogP contribution in [0.5, 0.6) is 5.75 Å². The summed E-state index contributed by atoms with van der Waals surface area (Å²) in [6.45, 7) is 5.78. The fraction of sp³-hybridized carbons (Fsp3) is 0.294. The van der Waals surface area contributed by atoms with Crippen molar-refractivity contribution in [1.29, 1.82) is 0 Å². The van der Waals surface area contributed by atoms with Crippen LogP contribution in [0.2, 0.25) is 0 Å². The van der Waals surface area contributed by atoms with E-state index < -0.39 is 6.10 Å². The molecule has 0 amide bonds. The number of aliphatic hydroxyl groups excluding tert-OH is 1. The van der Waals surface area contributed by atoms with Gasteiger partial charge in [-0.05, 0) is 50.1 Å². The van der Waals surface area contributed by atoms with Gasteiger partial charge in [0.15, 0.2) is 0 Å². The van der Waals surface area contributed by atoms with Crippen molar-refractivity contribution < 1.29 is 10.2 Å². The molecule has 1 atom stereocenters. The molecule has 2 aromatic carbocycles. The van der Waals surface area contributed by atoms with Gasteiger partial charge in [0.05, 0.1) is 6.10 Å². The molecule has 0 radical (unpaired) electrons. The van der Waals surface area contributed by atoms with E-state index >= 15 is 0 Å². The Morgan fingerprint density at radius 3 is 2.05 bits per heavy atom. The highest BCUT2D eigenvalue weighted by molar-refractivity contribution is 5.66. The molecule has 3 heteroatoms. The number of anilines is 2. The largest absolute Gasteiger partial charge is 0.507 e. The summed E-state index contributed by atoms with van der Waals surface area (Å²) in [5.41, 5.74) is 4.92. The summed E-state index contributed by atoms with van der Waals surface area (Å²) in [6, 6.07) is 11.7. The average molecular weight is 271 g/mol. The minimum Gasteiger partial charge on any atom is -0.507 e. The van der Waals surface area contributed by atoms with E-state index in [1.165, 1.54) is 11.1 Å². The van der Waals surface area contributed by atoms with Gasteiger partial charge in [0, 0.05) is 30.1 Å². The fourth-order valence-corrected chi connectivity index (χ4v) is 2.39. The number of nitrogens with zero attached hydrogens (tertiary/aromatic N) is 1. The first kappa shape index (κ1) is 14.4. The van der Waals surface area contributed by atoms with Gasteiger partial charge in [0.25, 0.3) is 0 Å². The van der Waals surface area contributed by atoms with Crippen LogP contribution < -0.4 is 4.90 Å². The number of aromatic hydroxyl groups is 1. The number of rotatable bonds is 3. The summed E-state index contributed by atoms with van der Waals surface area (Å²) < 4.78 is 0. The van der Waals surface area contributed by atoms with Gasteiger partial charge in [-0.3, -0.25) is 0 Å². The molecule has 0 saturated heterocycles. The number of aliphatic hydroxyl groups is 1. The van der Waals surface area contributed by atoms with Crippen LogP contribution in [-0.4, -0.2) is 17.3 Å². The predicted molar refractivity (Wildman–Crippen MR) is 82.7 cm³/mol. The maximum atomic E-state index is 9.98. The minimum atomic E-state index is -0.671. The summed E-state index contributed by atoms with van der Waals surface area (Å²) in [5, 5.41) is 19.5. The summed E-state index contributed by atoms with van der Waals surface area (Å²) >= 11 is 0. The van der Waals surface area contributed by atoms with Crippen molar-refractivity contribution in [3.8, 4) is 5.75 Å². The van der Waals surface area contributed by atoms with E-state index in [4.69, 9.17) is 0 Å². The van der Waals surface area contributed by atoms with Gasteiger partial charge >= 0.3 is 0 Å². The van der Waals surface area contributed by atoms with Crippen LogP contribution in [-0.2, 0) is 0 Å². The first-order valence-electron chi connectivity index (χ1n) is 6.71. The topological polar surface area (TPSA) is 43.7 Å². The Hall–Kier alpha value is -2.00. The van der Waals surface area contributed by atoms with Crippen LogP contribution >= 0.6 is 0 Å². The molecule has 2 rings (SSSR count). The zero-order valence-corrected chi connectivity index (χ0v) is 12.4. The SMILES string of the molecule is Cc1cc(C)cc(N(C)c2ccc(C(C)O)c(O)c2)c1. The fourth-order valence-electron chi connectivity index (χ4n) is 2.39. The Balaban J connectivity index is 2.38. The Kier molecular flexibility index (Phi) is 4.00. The smallest absolute Gasteiger partial charge is 0.123 e. The maximum absolute atomic E-state index is 9.98. The van der Waals surface area contributed by atoms with Crippen molar-refractivity contribution in [3.63, 3.8) is 0 Å². The van der Waals surface area contributed by atoms with E-state index in [9.17, 15) is 10.2 Å². The number of phenolic OH excluding ortho intramolecular Hbond substituents is 1. The molecule has 20 heavy (non-hydrogen) atoms. The zero-order valence-electron chi connectivity index (χ0n) is 12.4. The second-order valence-electron chi connectivity index (χ2n) is 5.32. The number of hydrogen-bond acceptors (Lipinski definition) is 3. The molecule has 2 N–H and O–H groups in total. The van der Waals surface area contributed by atoms with Crippen LogP contribution in [0.1, 0.15) is 29.7 Å². The van der Waals surface area contributed by atoms with Gasteiger partial charge in [0.2, 0.25) is 0 Å². The van der Waals surface area contributed by atoms with Crippen LogP contribution in [0.3, 0.4) is 0 Å². The Morgan fingerprint density at radius 1 is 0.950 bits per heavy atom. The van der Waals surface area contributed by atoms with Gasteiger partial charge in [0.1, 0.15) is 5.75 Å². The molecule has 0 bridgehead atoms. The number of aryl methyl sites for hydroxylation is 2. The third-order valence-electron chi connectivity index (χ3n) is 3.45. The molecule has 106 valence electrons. The van der Waals surface area contributed by atoms with Crippen LogP contribution in [0, 0.1) is 13.8 Å². The highest BCUT2D eigenvalue weighted by Gasteiger charge is 2.11. The van der Waals surface area contributed by atoms with E-state index in [1.807, 2.05) is 18.0 Å². The van der Waals surface area contributed by atoms with Gasteiger partial charge in [-0.1, -0.05) is 12.1 Å². The van der Waals surface area contributed by atoms with Crippen LogP contribution in [0.4, 0.5) is 11.4 Å². The van der Waals surface area contributed by atoms with Gasteiger partial charge in [-0.25, -0.2) is 0 Å². The summed E-state index contributed by atoms with van der Waals surface area (Å²) in [4.78, 5) is 2.02. The number of hydrogen-bond donors (Lipinski definition) is 2. The first-order valence-corrected chi connectivity index (χ1v) is 6.71. The second kappa shape index (κ2) is 5.55. The minimum absolute atomic E-state index is 0.119. The van der Waals surface area contributed by atoms with Crippen molar-refractivity contribution in [3.05, 3.63) is 53.1 Å². The number of benzene rings is 2. The monoisotopic (exact) mass is 271 g/mol. The molecule has 2 aromatic rings. The molecular formula is C17H21NO2. The standard InChI is InChI=1S/C17H21NO2/c1-11-7-12(2)9-15(8-11)18(4)14-5-6-16(13(3)19)17(20)10-14/h5-10,13,19-20H,1-4H3. The lowest BCUT2D eigenvalue weighted by atomic mass is 10.1. The summed E-state index contributed by atoms with van der Waals surface area (Å²) in [6.07, 6.45) is -0.671. The van der Waals surface area contributed by atoms with Gasteiger partial charge < -0.3 is 15.1 Å². The number of phenols is 1. The maximum Gasteiger partial charge on any atom is 0.123 e. The normalized spacial score (nSPS) is 12.2. The van der Waals surface area contributed by atoms with Crippen molar-refractivity contribution in [1.82, 2.24) is 0 Å². The van der Waals surface area contributed by atoms with Crippen LogP contribution in [0.25, 0.3) is 0 Å². The van der Waals surface area contributed by atoms with Crippen molar-refractivity contribution in [2.24, 2.45) is 0 Å². The predicted octanol–water partition coefficient (Wildman–Crippen LogP) is 3.83. The molecule has 0 fully saturated rings. The third-order valence-corrected chi connectivity index (χ3v) is 3.45. The van der Waals surface area contributed by atoms with Crippen molar-refractivity contribution in [2.45, 2.75) is 26.9 Å². The molecule has 0 aliphatic heterocycles. The van der Waals surface area contributed by atoms with Crippen molar-refractivity contribution in [2.75, 3.05) is 11.9 Å². The highest BCUT2D eigenvalue weighted by atomic mass is 16.3. The molecular weight excluding hydrogens is 250 g/mol. The molecule has 0 spiro atoms. The lowest BCUT2D eigenvalue weighted by molar-refractivity contribution is 0.195. The molecule has 0 saturated carbocycles. The molecule has 0 aliphatic rings. The van der Waals surface area contributed by atoms with E-state index in [-0.39, 0.29) is 5.75 Å². The summed E-state index contributed by atoms with van der Waals surface area (Å²) in [5.74, 6) is 0.119. The molecule has 1 unspecified atom stereocenters. The Morgan fingerprint density at radius 2 is 1.55 bits per heavy atom.